The summed E-state index contributed by atoms with van der Waals surface area (Å²) in [4.78, 5) is 11.2. The summed E-state index contributed by atoms with van der Waals surface area (Å²) in [6.07, 6.45) is -0.688. The van der Waals surface area contributed by atoms with Crippen molar-refractivity contribution >= 4 is 6.09 Å². The first-order valence-electron chi connectivity index (χ1n) is 5.79. The zero-order chi connectivity index (χ0) is 15.3. The molecule has 0 aliphatic rings. The Morgan fingerprint density at radius 3 is 2.30 bits per heavy atom. The molecule has 0 spiro atoms. The Morgan fingerprint density at radius 1 is 1.25 bits per heavy atom. The van der Waals surface area contributed by atoms with Crippen molar-refractivity contribution in [1.82, 2.24) is 5.32 Å². The van der Waals surface area contributed by atoms with Crippen LogP contribution in [0.2, 0.25) is 0 Å². The van der Waals surface area contributed by atoms with Crippen molar-refractivity contribution in [3.05, 3.63) is 35.1 Å². The third-order valence-electron chi connectivity index (χ3n) is 1.94. The molecule has 0 aliphatic carbocycles. The highest BCUT2D eigenvalue weighted by Crippen LogP contribution is 2.13. The molecule has 0 aromatic heterocycles. The van der Waals surface area contributed by atoms with Gasteiger partial charge in [0.2, 0.25) is 0 Å². The van der Waals surface area contributed by atoms with Gasteiger partial charge in [-0.15, -0.1) is 0 Å². The third-order valence-corrected chi connectivity index (χ3v) is 1.94. The SMILES string of the molecule is CC(C)(C)OC(=O)NCC#Cc1c(F)cc(F)cc1F. The van der Waals surface area contributed by atoms with Crippen molar-refractivity contribution in [2.75, 3.05) is 6.54 Å². The average molecular weight is 285 g/mol. The van der Waals surface area contributed by atoms with Crippen LogP contribution in [0.15, 0.2) is 12.1 Å². The average Bonchev–Trinajstić information content (AvgIpc) is 2.23. The highest BCUT2D eigenvalue weighted by molar-refractivity contribution is 5.68. The Labute approximate surface area is 115 Å². The van der Waals surface area contributed by atoms with E-state index in [4.69, 9.17) is 4.74 Å². The second-order valence-corrected chi connectivity index (χ2v) is 4.90. The highest BCUT2D eigenvalue weighted by atomic mass is 19.1. The third kappa shape index (κ3) is 5.22. The van der Waals surface area contributed by atoms with Crippen LogP contribution in [-0.4, -0.2) is 18.2 Å². The molecule has 0 atom stereocenters. The molecule has 0 aliphatic heterocycles. The predicted octanol–water partition coefficient (Wildman–Crippen LogP) is 2.98. The number of rotatable bonds is 1. The number of hydrogen-bond acceptors (Lipinski definition) is 2. The molecule has 3 nitrogen and oxygen atoms in total. The van der Waals surface area contributed by atoms with Crippen LogP contribution in [0.4, 0.5) is 18.0 Å². The minimum atomic E-state index is -1.09. The van der Waals surface area contributed by atoms with Gasteiger partial charge in [0.1, 0.15) is 23.1 Å². The molecule has 1 amide bonds. The summed E-state index contributed by atoms with van der Waals surface area (Å²) in [5.41, 5.74) is -1.19. The monoisotopic (exact) mass is 285 g/mol. The summed E-state index contributed by atoms with van der Waals surface area (Å²) in [6, 6.07) is 1.07. The lowest BCUT2D eigenvalue weighted by Crippen LogP contribution is -2.32. The Hall–Kier alpha value is -2.16. The predicted molar refractivity (Wildman–Crippen MR) is 67.4 cm³/mol. The van der Waals surface area contributed by atoms with E-state index in [2.05, 4.69) is 17.2 Å². The van der Waals surface area contributed by atoms with Gasteiger partial charge in [-0.1, -0.05) is 11.8 Å². The van der Waals surface area contributed by atoms with Gasteiger partial charge in [0, 0.05) is 12.1 Å². The molecule has 0 saturated heterocycles. The number of hydrogen-bond donors (Lipinski definition) is 1. The summed E-state index contributed by atoms with van der Waals surface area (Å²) in [7, 11) is 0. The summed E-state index contributed by atoms with van der Waals surface area (Å²) < 4.78 is 44.0. The summed E-state index contributed by atoms with van der Waals surface area (Å²) in [6.45, 7) is 4.94. The number of ether oxygens (including phenoxy) is 1. The van der Waals surface area contributed by atoms with Gasteiger partial charge in [-0.3, -0.25) is 0 Å². The molecule has 1 aromatic rings. The standard InChI is InChI=1S/C14H14F3NO2/c1-14(2,3)20-13(19)18-6-4-5-10-11(16)7-9(15)8-12(10)17/h7-8H,6H2,1-3H3,(H,18,19). The summed E-state index contributed by atoms with van der Waals surface area (Å²) in [5.74, 6) is 1.35. The molecule has 0 unspecified atom stereocenters. The fraction of sp³-hybridized carbons (Fsp3) is 0.357. The molecular formula is C14H14F3NO2. The summed E-state index contributed by atoms with van der Waals surface area (Å²) >= 11 is 0. The minimum absolute atomic E-state index is 0.148. The molecule has 0 bridgehead atoms. The van der Waals surface area contributed by atoms with E-state index >= 15 is 0 Å². The van der Waals surface area contributed by atoms with Gasteiger partial charge in [-0.05, 0) is 20.8 Å². The van der Waals surface area contributed by atoms with Gasteiger partial charge in [0.05, 0.1) is 12.1 Å². The molecule has 0 saturated carbocycles. The fourth-order valence-corrected chi connectivity index (χ4v) is 1.22. The molecule has 1 N–H and O–H groups in total. The van der Waals surface area contributed by atoms with Crippen molar-refractivity contribution in [1.29, 1.82) is 0 Å². The maximum Gasteiger partial charge on any atom is 0.408 e. The van der Waals surface area contributed by atoms with Crippen molar-refractivity contribution in [2.45, 2.75) is 26.4 Å². The van der Waals surface area contributed by atoms with Crippen molar-refractivity contribution in [2.24, 2.45) is 0 Å². The van der Waals surface area contributed by atoms with E-state index in [1.54, 1.807) is 20.8 Å². The Morgan fingerprint density at radius 2 is 1.80 bits per heavy atom. The first-order valence-corrected chi connectivity index (χ1v) is 5.79. The Kier molecular flexibility index (Phi) is 5.03. The van der Waals surface area contributed by atoms with Crippen LogP contribution in [0.1, 0.15) is 26.3 Å². The van der Waals surface area contributed by atoms with E-state index in [1.165, 1.54) is 0 Å². The molecule has 0 fully saturated rings. The zero-order valence-corrected chi connectivity index (χ0v) is 11.3. The second-order valence-electron chi connectivity index (χ2n) is 4.90. The van der Waals surface area contributed by atoms with Crippen LogP contribution in [0.5, 0.6) is 0 Å². The van der Waals surface area contributed by atoms with Crippen molar-refractivity contribution in [3.8, 4) is 11.8 Å². The van der Waals surface area contributed by atoms with Crippen molar-refractivity contribution < 1.29 is 22.7 Å². The van der Waals surface area contributed by atoms with E-state index < -0.39 is 34.7 Å². The largest absolute Gasteiger partial charge is 0.444 e. The van der Waals surface area contributed by atoms with E-state index in [1.807, 2.05) is 0 Å². The number of alkyl carbamates (subject to hydrolysis) is 1. The first-order chi connectivity index (χ1) is 9.19. The Bertz CT molecular complexity index is 545. The first kappa shape index (κ1) is 15.9. The van der Waals surface area contributed by atoms with E-state index in [-0.39, 0.29) is 6.54 Å². The molecular weight excluding hydrogens is 271 g/mol. The fourth-order valence-electron chi connectivity index (χ4n) is 1.22. The van der Waals surface area contributed by atoms with E-state index in [0.29, 0.717) is 12.1 Å². The number of halogens is 3. The zero-order valence-electron chi connectivity index (χ0n) is 11.3. The molecule has 0 heterocycles. The van der Waals surface area contributed by atoms with Crippen LogP contribution < -0.4 is 5.32 Å². The van der Waals surface area contributed by atoms with Crippen LogP contribution >= 0.6 is 0 Å². The molecule has 1 aromatic carbocycles. The second kappa shape index (κ2) is 6.33. The van der Waals surface area contributed by atoms with Gasteiger partial charge in [0.15, 0.2) is 0 Å². The van der Waals surface area contributed by atoms with Gasteiger partial charge in [-0.25, -0.2) is 18.0 Å². The number of carbonyl (C=O) groups is 1. The maximum absolute atomic E-state index is 13.2. The topological polar surface area (TPSA) is 38.3 Å². The normalized spacial score (nSPS) is 10.5. The Balaban J connectivity index is 2.62. The maximum atomic E-state index is 13.2. The van der Waals surface area contributed by atoms with Gasteiger partial charge < -0.3 is 10.1 Å². The van der Waals surface area contributed by atoms with E-state index in [9.17, 15) is 18.0 Å². The van der Waals surface area contributed by atoms with Crippen molar-refractivity contribution in [3.63, 3.8) is 0 Å². The van der Waals surface area contributed by atoms with Crippen LogP contribution in [0, 0.1) is 29.3 Å². The molecule has 1 rings (SSSR count). The van der Waals surface area contributed by atoms with Crippen LogP contribution in [0.3, 0.4) is 0 Å². The lowest BCUT2D eigenvalue weighted by atomic mass is 10.2. The van der Waals surface area contributed by atoms with Gasteiger partial charge in [-0.2, -0.15) is 0 Å². The van der Waals surface area contributed by atoms with Crippen LogP contribution in [0.25, 0.3) is 0 Å². The highest BCUT2D eigenvalue weighted by Gasteiger charge is 2.15. The number of nitrogens with one attached hydrogen (secondary N) is 1. The number of benzene rings is 1. The van der Waals surface area contributed by atoms with Gasteiger partial charge in [0.25, 0.3) is 0 Å². The number of carbonyl (C=O) groups excluding carboxylic acids is 1. The lowest BCUT2D eigenvalue weighted by molar-refractivity contribution is 0.0535. The van der Waals surface area contributed by atoms with Crippen LogP contribution in [-0.2, 0) is 4.74 Å². The van der Waals surface area contributed by atoms with E-state index in [0.717, 1.165) is 0 Å². The smallest absolute Gasteiger partial charge is 0.408 e. The van der Waals surface area contributed by atoms with Gasteiger partial charge >= 0.3 is 6.09 Å². The molecule has 0 radical (unpaired) electrons. The summed E-state index contributed by atoms with van der Waals surface area (Å²) in [5, 5.41) is 2.31. The molecule has 20 heavy (non-hydrogen) atoms. The number of amides is 1. The molecule has 6 heteroatoms. The minimum Gasteiger partial charge on any atom is -0.444 e. The molecule has 108 valence electrons. The quantitative estimate of drug-likeness (QED) is 0.806. The lowest BCUT2D eigenvalue weighted by Gasteiger charge is -2.18.